The molecule has 0 unspecified atom stereocenters. The summed E-state index contributed by atoms with van der Waals surface area (Å²) in [7, 11) is 0. The van der Waals surface area contributed by atoms with E-state index >= 15 is 0 Å². The first-order valence-corrected chi connectivity index (χ1v) is 8.46. The van der Waals surface area contributed by atoms with Crippen LogP contribution in [0, 0.1) is 0 Å². The first-order chi connectivity index (χ1) is 11.0. The normalized spacial score (nSPS) is 21.6. The van der Waals surface area contributed by atoms with Gasteiger partial charge < -0.3 is 9.64 Å². The zero-order valence-electron chi connectivity index (χ0n) is 13.2. The van der Waals surface area contributed by atoms with Crippen molar-refractivity contribution >= 4 is 5.82 Å². The summed E-state index contributed by atoms with van der Waals surface area (Å²) >= 11 is 0. The van der Waals surface area contributed by atoms with Crippen LogP contribution in [0.5, 0.6) is 0 Å². The van der Waals surface area contributed by atoms with Crippen LogP contribution in [0.3, 0.4) is 0 Å². The molecule has 2 fully saturated rings. The van der Waals surface area contributed by atoms with Gasteiger partial charge in [-0.15, -0.1) is 0 Å². The molecular formula is C17H23F3N2O. The molecule has 2 heterocycles. The lowest BCUT2D eigenvalue weighted by Gasteiger charge is -2.35. The molecule has 0 amide bonds. The number of anilines is 1. The van der Waals surface area contributed by atoms with Crippen LogP contribution < -0.4 is 4.90 Å². The first kappa shape index (κ1) is 16.6. The number of piperidine rings is 1. The Morgan fingerprint density at radius 2 is 1.61 bits per heavy atom. The Bertz CT molecular complexity index is 490. The van der Waals surface area contributed by atoms with Crippen LogP contribution in [0.25, 0.3) is 0 Å². The molecule has 6 heteroatoms. The van der Waals surface area contributed by atoms with Crippen molar-refractivity contribution in [3.63, 3.8) is 0 Å². The van der Waals surface area contributed by atoms with Gasteiger partial charge in [-0.25, -0.2) is 4.98 Å². The molecular weight excluding hydrogens is 305 g/mol. The highest BCUT2D eigenvalue weighted by atomic mass is 19.4. The van der Waals surface area contributed by atoms with Crippen molar-refractivity contribution < 1.29 is 17.9 Å². The third-order valence-electron chi connectivity index (χ3n) is 4.78. The molecule has 1 aromatic rings. The summed E-state index contributed by atoms with van der Waals surface area (Å²) in [6.45, 7) is 1.57. The molecule has 0 N–H and O–H groups in total. The van der Waals surface area contributed by atoms with E-state index in [-0.39, 0.29) is 6.10 Å². The molecule has 0 spiro atoms. The van der Waals surface area contributed by atoms with E-state index in [4.69, 9.17) is 4.74 Å². The molecule has 1 aliphatic carbocycles. The number of alkyl halides is 3. The minimum Gasteiger partial charge on any atom is -0.375 e. The number of nitrogens with zero attached hydrogens (tertiary/aromatic N) is 2. The van der Waals surface area contributed by atoms with Gasteiger partial charge in [-0.05, 0) is 37.8 Å². The van der Waals surface area contributed by atoms with Crippen molar-refractivity contribution in [2.24, 2.45) is 0 Å². The largest absolute Gasteiger partial charge is 0.417 e. The van der Waals surface area contributed by atoms with Crippen LogP contribution in [0.4, 0.5) is 19.0 Å². The number of pyridine rings is 1. The van der Waals surface area contributed by atoms with Crippen molar-refractivity contribution in [3.05, 3.63) is 23.9 Å². The molecule has 3 nitrogen and oxygen atoms in total. The number of hydrogen-bond donors (Lipinski definition) is 0. The topological polar surface area (TPSA) is 25.4 Å². The van der Waals surface area contributed by atoms with Crippen LogP contribution in [-0.2, 0) is 10.9 Å². The second kappa shape index (κ2) is 7.07. The molecule has 0 atom stereocenters. The van der Waals surface area contributed by atoms with Gasteiger partial charge in [0.1, 0.15) is 5.82 Å². The number of ether oxygens (including phenoxy) is 1. The maximum atomic E-state index is 12.6. The summed E-state index contributed by atoms with van der Waals surface area (Å²) in [5, 5.41) is 0. The summed E-state index contributed by atoms with van der Waals surface area (Å²) in [6.07, 6.45) is 5.29. The van der Waals surface area contributed by atoms with E-state index in [0.29, 0.717) is 11.9 Å². The van der Waals surface area contributed by atoms with Crippen molar-refractivity contribution in [2.45, 2.75) is 63.3 Å². The van der Waals surface area contributed by atoms with E-state index in [1.54, 1.807) is 0 Å². The van der Waals surface area contributed by atoms with Crippen LogP contribution >= 0.6 is 0 Å². The van der Waals surface area contributed by atoms with Crippen LogP contribution in [-0.4, -0.2) is 30.3 Å². The van der Waals surface area contributed by atoms with Gasteiger partial charge in [0, 0.05) is 19.3 Å². The van der Waals surface area contributed by atoms with Gasteiger partial charge in [0.25, 0.3) is 0 Å². The molecule has 1 aliphatic heterocycles. The summed E-state index contributed by atoms with van der Waals surface area (Å²) in [6, 6.07) is 2.57. The molecule has 23 heavy (non-hydrogen) atoms. The van der Waals surface area contributed by atoms with Crippen molar-refractivity contribution in [1.82, 2.24) is 4.98 Å². The summed E-state index contributed by atoms with van der Waals surface area (Å²) in [4.78, 5) is 6.02. The lowest BCUT2D eigenvalue weighted by molar-refractivity contribution is -0.137. The lowest BCUT2D eigenvalue weighted by atomic mass is 9.97. The van der Waals surface area contributed by atoms with E-state index in [9.17, 15) is 13.2 Å². The molecule has 2 aliphatic rings. The maximum Gasteiger partial charge on any atom is 0.417 e. The van der Waals surface area contributed by atoms with Gasteiger partial charge in [-0.3, -0.25) is 0 Å². The molecule has 3 rings (SSSR count). The van der Waals surface area contributed by atoms with Crippen LogP contribution in [0.2, 0.25) is 0 Å². The summed E-state index contributed by atoms with van der Waals surface area (Å²) in [5.74, 6) is 0.620. The zero-order chi connectivity index (χ0) is 16.3. The van der Waals surface area contributed by atoms with Gasteiger partial charge >= 0.3 is 6.18 Å². The highest BCUT2D eigenvalue weighted by Crippen LogP contribution is 2.30. The Labute approximate surface area is 134 Å². The fraction of sp³-hybridized carbons (Fsp3) is 0.706. The van der Waals surface area contributed by atoms with Gasteiger partial charge in [-0.1, -0.05) is 19.3 Å². The third-order valence-corrected chi connectivity index (χ3v) is 4.78. The molecule has 128 valence electrons. The highest BCUT2D eigenvalue weighted by molar-refractivity contribution is 5.40. The molecule has 0 aromatic carbocycles. The quantitative estimate of drug-likeness (QED) is 0.821. The predicted molar refractivity (Wildman–Crippen MR) is 82.4 cm³/mol. The van der Waals surface area contributed by atoms with Gasteiger partial charge in [0.15, 0.2) is 0 Å². The van der Waals surface area contributed by atoms with Gasteiger partial charge in [-0.2, -0.15) is 13.2 Å². The van der Waals surface area contributed by atoms with E-state index in [1.807, 2.05) is 4.90 Å². The van der Waals surface area contributed by atoms with Crippen LogP contribution in [0.15, 0.2) is 18.3 Å². The Morgan fingerprint density at radius 3 is 2.17 bits per heavy atom. The summed E-state index contributed by atoms with van der Waals surface area (Å²) in [5.41, 5.74) is -0.697. The number of aromatic nitrogens is 1. The Balaban J connectivity index is 1.50. The molecule has 1 saturated carbocycles. The van der Waals surface area contributed by atoms with Gasteiger partial charge in [0.05, 0.1) is 17.8 Å². The van der Waals surface area contributed by atoms with Crippen molar-refractivity contribution in [3.8, 4) is 0 Å². The highest BCUT2D eigenvalue weighted by Gasteiger charge is 2.31. The lowest BCUT2D eigenvalue weighted by Crippen LogP contribution is -2.39. The fourth-order valence-corrected chi connectivity index (χ4v) is 3.44. The molecule has 1 aromatic heterocycles. The smallest absolute Gasteiger partial charge is 0.375 e. The predicted octanol–water partition coefficient (Wildman–Crippen LogP) is 4.42. The number of hydrogen-bond acceptors (Lipinski definition) is 3. The Kier molecular flexibility index (Phi) is 5.09. The van der Waals surface area contributed by atoms with E-state index in [0.717, 1.165) is 38.2 Å². The van der Waals surface area contributed by atoms with Crippen LogP contribution in [0.1, 0.15) is 50.5 Å². The van der Waals surface area contributed by atoms with E-state index in [1.165, 1.54) is 38.2 Å². The average molecular weight is 328 g/mol. The second-order valence-corrected chi connectivity index (χ2v) is 6.49. The molecule has 0 bridgehead atoms. The van der Waals surface area contributed by atoms with E-state index in [2.05, 4.69) is 4.98 Å². The van der Waals surface area contributed by atoms with Crippen molar-refractivity contribution in [2.75, 3.05) is 18.0 Å². The molecule has 1 saturated heterocycles. The standard InChI is InChI=1S/C17H23F3N2O/c18-17(19,20)13-6-7-16(21-12-13)22-10-8-15(9-11-22)23-14-4-2-1-3-5-14/h6-7,12,14-15H,1-5,8-11H2. The third kappa shape index (κ3) is 4.37. The zero-order valence-corrected chi connectivity index (χ0v) is 13.2. The minimum atomic E-state index is -4.33. The minimum absolute atomic E-state index is 0.281. The average Bonchev–Trinajstić information content (AvgIpc) is 2.56. The number of halogens is 3. The second-order valence-electron chi connectivity index (χ2n) is 6.49. The molecule has 0 radical (unpaired) electrons. The first-order valence-electron chi connectivity index (χ1n) is 8.46. The summed E-state index contributed by atoms with van der Waals surface area (Å²) < 4.78 is 43.9. The monoisotopic (exact) mass is 328 g/mol. The Hall–Kier alpha value is -1.30. The number of rotatable bonds is 3. The fourth-order valence-electron chi connectivity index (χ4n) is 3.44. The SMILES string of the molecule is FC(F)(F)c1ccc(N2CCC(OC3CCCCC3)CC2)nc1. The van der Waals surface area contributed by atoms with Gasteiger partial charge in [0.2, 0.25) is 0 Å². The van der Waals surface area contributed by atoms with E-state index < -0.39 is 11.7 Å². The maximum absolute atomic E-state index is 12.6. The van der Waals surface area contributed by atoms with Crippen molar-refractivity contribution in [1.29, 1.82) is 0 Å². The Morgan fingerprint density at radius 1 is 0.957 bits per heavy atom.